The van der Waals surface area contributed by atoms with Crippen LogP contribution in [0.25, 0.3) is 0 Å². The van der Waals surface area contributed by atoms with Crippen LogP contribution >= 0.6 is 11.6 Å². The van der Waals surface area contributed by atoms with Gasteiger partial charge in [0.2, 0.25) is 0 Å². The maximum absolute atomic E-state index is 13.1. The number of carbonyl (C=O) groups excluding carboxylic acids is 1. The molecule has 1 saturated heterocycles. The summed E-state index contributed by atoms with van der Waals surface area (Å²) in [5, 5.41) is 3.96. The Kier molecular flexibility index (Phi) is 7.68. The number of pyridine rings is 1. The Morgan fingerprint density at radius 2 is 2.03 bits per heavy atom. The minimum Gasteiger partial charge on any atom is -0.459 e. The lowest BCUT2D eigenvalue weighted by atomic mass is 10.0. The number of allylic oxidation sites excluding steroid dienone is 3. The molecule has 0 radical (unpaired) electrons. The number of nitrogens with zero attached hydrogens (tertiary/aromatic N) is 3. The van der Waals surface area contributed by atoms with Gasteiger partial charge in [0.1, 0.15) is 11.4 Å². The van der Waals surface area contributed by atoms with Crippen molar-refractivity contribution in [3.8, 4) is 0 Å². The Hall–Kier alpha value is -2.83. The summed E-state index contributed by atoms with van der Waals surface area (Å²) in [4.78, 5) is 22.4. The largest absolute Gasteiger partial charge is 0.459 e. The smallest absolute Gasteiger partial charge is 0.344 e. The molecule has 1 aliphatic carbocycles. The molecule has 2 heterocycles. The number of benzene rings is 1. The van der Waals surface area contributed by atoms with Crippen molar-refractivity contribution < 1.29 is 9.53 Å². The number of piperazine rings is 1. The molecule has 174 valence electrons. The Bertz CT molecular complexity index is 1040. The van der Waals surface area contributed by atoms with Crippen LogP contribution < -0.4 is 10.2 Å². The highest BCUT2D eigenvalue weighted by atomic mass is 35.5. The van der Waals surface area contributed by atoms with Gasteiger partial charge in [-0.1, -0.05) is 41.5 Å². The zero-order valence-electron chi connectivity index (χ0n) is 19.3. The van der Waals surface area contributed by atoms with Gasteiger partial charge < -0.3 is 15.0 Å². The third-order valence-electron chi connectivity index (χ3n) is 5.78. The van der Waals surface area contributed by atoms with Gasteiger partial charge in [0.25, 0.3) is 0 Å². The van der Waals surface area contributed by atoms with E-state index in [0.717, 1.165) is 51.3 Å². The standard InChI is InChI=1S/C26H31ClN4O2/c1-19(2)33-26(32)24-23(29-22-10-6-9-21(27)17-22)11-12-28-25(24)31-15-13-30(14-16-31)18-20-7-4-3-5-8-20/h3-4,6-7,9-12,17,19H,5,8,13-16,18H2,1-2H3,(H,28,29). The summed E-state index contributed by atoms with van der Waals surface area (Å²) in [7, 11) is 0. The minimum atomic E-state index is -0.376. The number of esters is 1. The fraction of sp³-hybridized carbons (Fsp3) is 0.385. The van der Waals surface area contributed by atoms with Crippen molar-refractivity contribution in [2.24, 2.45) is 0 Å². The lowest BCUT2D eigenvalue weighted by Gasteiger charge is -2.36. The number of hydrogen-bond donors (Lipinski definition) is 1. The molecule has 2 aliphatic rings. The molecule has 33 heavy (non-hydrogen) atoms. The van der Waals surface area contributed by atoms with Crippen molar-refractivity contribution >= 4 is 34.8 Å². The normalized spacial score (nSPS) is 16.6. The van der Waals surface area contributed by atoms with Gasteiger partial charge in [-0.05, 0) is 51.0 Å². The van der Waals surface area contributed by atoms with Crippen LogP contribution in [-0.4, -0.2) is 54.7 Å². The molecule has 6 nitrogen and oxygen atoms in total. The van der Waals surface area contributed by atoms with Crippen molar-refractivity contribution in [3.63, 3.8) is 0 Å². The van der Waals surface area contributed by atoms with Gasteiger partial charge in [-0.25, -0.2) is 9.78 Å². The molecule has 2 aromatic rings. The molecular weight excluding hydrogens is 436 g/mol. The summed E-state index contributed by atoms with van der Waals surface area (Å²) in [6.45, 7) is 8.17. The molecule has 7 heteroatoms. The molecule has 1 fully saturated rings. The second-order valence-electron chi connectivity index (χ2n) is 8.70. The first-order chi connectivity index (χ1) is 16.0. The number of aromatic nitrogens is 1. The topological polar surface area (TPSA) is 57.7 Å². The molecule has 0 unspecified atom stereocenters. The van der Waals surface area contributed by atoms with Gasteiger partial charge in [-0.15, -0.1) is 0 Å². The number of hydrogen-bond acceptors (Lipinski definition) is 6. The average Bonchev–Trinajstić information content (AvgIpc) is 2.80. The average molecular weight is 467 g/mol. The molecule has 0 spiro atoms. The second-order valence-corrected chi connectivity index (χ2v) is 9.14. The van der Waals surface area contributed by atoms with Gasteiger partial charge in [0, 0.05) is 49.6 Å². The van der Waals surface area contributed by atoms with Crippen LogP contribution in [0.15, 0.2) is 60.3 Å². The summed E-state index contributed by atoms with van der Waals surface area (Å²) in [6.07, 6.45) is 10.4. The monoisotopic (exact) mass is 466 g/mol. The molecule has 0 bridgehead atoms. The fourth-order valence-electron chi connectivity index (χ4n) is 4.18. The van der Waals surface area contributed by atoms with E-state index in [1.165, 1.54) is 5.57 Å². The zero-order chi connectivity index (χ0) is 23.2. The highest BCUT2D eigenvalue weighted by molar-refractivity contribution is 6.30. The molecule has 1 aromatic carbocycles. The van der Waals surface area contributed by atoms with Crippen molar-refractivity contribution in [1.29, 1.82) is 0 Å². The summed E-state index contributed by atoms with van der Waals surface area (Å²) in [5.41, 5.74) is 3.41. The predicted molar refractivity (Wildman–Crippen MR) is 135 cm³/mol. The lowest BCUT2D eigenvalue weighted by Crippen LogP contribution is -2.47. The van der Waals surface area contributed by atoms with Crippen molar-refractivity contribution in [2.75, 3.05) is 42.9 Å². The summed E-state index contributed by atoms with van der Waals surface area (Å²) >= 11 is 6.15. The van der Waals surface area contributed by atoms with Gasteiger partial charge in [0.05, 0.1) is 11.8 Å². The highest BCUT2D eigenvalue weighted by Gasteiger charge is 2.27. The molecule has 0 saturated carbocycles. The molecule has 0 amide bonds. The van der Waals surface area contributed by atoms with E-state index < -0.39 is 0 Å². The lowest BCUT2D eigenvalue weighted by molar-refractivity contribution is 0.0379. The van der Waals surface area contributed by atoms with Crippen LogP contribution in [0.1, 0.15) is 37.0 Å². The van der Waals surface area contributed by atoms with E-state index in [-0.39, 0.29) is 12.1 Å². The zero-order valence-corrected chi connectivity index (χ0v) is 20.0. The van der Waals surface area contributed by atoms with E-state index in [9.17, 15) is 4.79 Å². The number of ether oxygens (including phenoxy) is 1. The van der Waals surface area contributed by atoms with Crippen molar-refractivity contribution in [2.45, 2.75) is 32.8 Å². The summed E-state index contributed by atoms with van der Waals surface area (Å²) in [5.74, 6) is 0.284. The van der Waals surface area contributed by atoms with Crippen LogP contribution in [0.2, 0.25) is 5.02 Å². The molecule has 1 aromatic heterocycles. The van der Waals surface area contributed by atoms with E-state index in [0.29, 0.717) is 22.1 Å². The number of nitrogens with one attached hydrogen (secondary N) is 1. The Labute approximate surface area is 200 Å². The van der Waals surface area contributed by atoms with Crippen molar-refractivity contribution in [1.82, 2.24) is 9.88 Å². The molecule has 4 rings (SSSR count). The highest BCUT2D eigenvalue weighted by Crippen LogP contribution is 2.31. The number of halogens is 1. The fourth-order valence-corrected chi connectivity index (χ4v) is 4.37. The van der Waals surface area contributed by atoms with Gasteiger partial charge in [-0.3, -0.25) is 4.90 Å². The molecule has 1 aliphatic heterocycles. The maximum atomic E-state index is 13.1. The summed E-state index contributed by atoms with van der Waals surface area (Å²) in [6, 6.07) is 9.23. The molecular formula is C26H31ClN4O2. The van der Waals surface area contributed by atoms with Crippen LogP contribution in [0.5, 0.6) is 0 Å². The van der Waals surface area contributed by atoms with E-state index in [2.05, 4.69) is 38.3 Å². The second kappa shape index (κ2) is 10.9. The first-order valence-corrected chi connectivity index (χ1v) is 11.9. The first-order valence-electron chi connectivity index (χ1n) is 11.5. The molecule has 1 N–H and O–H groups in total. The summed E-state index contributed by atoms with van der Waals surface area (Å²) < 4.78 is 5.60. The van der Waals surface area contributed by atoms with E-state index in [1.807, 2.05) is 38.1 Å². The number of carbonyl (C=O) groups is 1. The van der Waals surface area contributed by atoms with Crippen molar-refractivity contribution in [3.05, 3.63) is 70.9 Å². The van der Waals surface area contributed by atoms with Gasteiger partial charge in [0.15, 0.2) is 0 Å². The third-order valence-corrected chi connectivity index (χ3v) is 6.02. The number of rotatable bonds is 7. The van der Waals surface area contributed by atoms with Crippen LogP contribution in [0.4, 0.5) is 17.2 Å². The third kappa shape index (κ3) is 6.15. The maximum Gasteiger partial charge on any atom is 0.344 e. The predicted octanol–water partition coefficient (Wildman–Crippen LogP) is 5.44. The quantitative estimate of drug-likeness (QED) is 0.548. The van der Waals surface area contributed by atoms with Crippen LogP contribution in [0.3, 0.4) is 0 Å². The Morgan fingerprint density at radius 1 is 1.21 bits per heavy atom. The Balaban J connectivity index is 1.55. The van der Waals surface area contributed by atoms with E-state index >= 15 is 0 Å². The van der Waals surface area contributed by atoms with Crippen LogP contribution in [0, 0.1) is 0 Å². The van der Waals surface area contributed by atoms with E-state index in [1.54, 1.807) is 12.3 Å². The van der Waals surface area contributed by atoms with Gasteiger partial charge in [-0.2, -0.15) is 0 Å². The van der Waals surface area contributed by atoms with Gasteiger partial charge >= 0.3 is 5.97 Å². The SMILES string of the molecule is CC(C)OC(=O)c1c(Nc2cccc(Cl)c2)ccnc1N1CCN(CC2=CC=CCC2)CC1. The Morgan fingerprint density at radius 3 is 2.73 bits per heavy atom. The first kappa shape index (κ1) is 23.3. The van der Waals surface area contributed by atoms with E-state index in [4.69, 9.17) is 16.3 Å². The van der Waals surface area contributed by atoms with Crippen LogP contribution in [-0.2, 0) is 4.74 Å². The molecule has 0 atom stereocenters. The minimum absolute atomic E-state index is 0.223. The number of anilines is 3.